The van der Waals surface area contributed by atoms with Gasteiger partial charge in [0.2, 0.25) is 0 Å². The zero-order valence-electron chi connectivity index (χ0n) is 14.9. The van der Waals surface area contributed by atoms with Gasteiger partial charge < -0.3 is 9.73 Å². The predicted molar refractivity (Wildman–Crippen MR) is 114 cm³/mol. The first-order valence-electron chi connectivity index (χ1n) is 8.21. The third kappa shape index (κ3) is 4.81. The molecule has 0 aliphatic heterocycles. The summed E-state index contributed by atoms with van der Waals surface area (Å²) in [5.41, 5.74) is 0.437. The SMILES string of the molecule is N#C/C(=C\c1ccc(-c2ccc([N+](=O)[O-])cc2Cl)o1)C(=O)Nc1ccc(Cl)c(Cl)c1. The fourth-order valence-electron chi connectivity index (χ4n) is 2.46. The summed E-state index contributed by atoms with van der Waals surface area (Å²) in [6, 6.07) is 13.4. The number of carbonyl (C=O) groups is 1. The number of furan rings is 1. The first kappa shape index (κ1) is 21.4. The minimum absolute atomic E-state index is 0.131. The van der Waals surface area contributed by atoms with Gasteiger partial charge in [-0.05, 0) is 36.4 Å². The lowest BCUT2D eigenvalue weighted by Gasteiger charge is -2.05. The van der Waals surface area contributed by atoms with E-state index >= 15 is 0 Å². The highest BCUT2D eigenvalue weighted by molar-refractivity contribution is 6.42. The van der Waals surface area contributed by atoms with Crippen LogP contribution in [0.5, 0.6) is 0 Å². The third-order valence-electron chi connectivity index (χ3n) is 3.88. The molecule has 150 valence electrons. The van der Waals surface area contributed by atoms with Crippen molar-refractivity contribution in [3.05, 3.63) is 85.0 Å². The maximum atomic E-state index is 12.4. The van der Waals surface area contributed by atoms with Crippen molar-refractivity contribution < 1.29 is 14.1 Å². The smallest absolute Gasteiger partial charge is 0.270 e. The molecule has 0 aliphatic rings. The molecule has 1 N–H and O–H groups in total. The second-order valence-corrected chi connectivity index (χ2v) is 7.10. The van der Waals surface area contributed by atoms with E-state index in [1.165, 1.54) is 42.5 Å². The number of rotatable bonds is 5. The molecular weight excluding hydrogens is 453 g/mol. The maximum absolute atomic E-state index is 12.4. The van der Waals surface area contributed by atoms with Gasteiger partial charge in [-0.25, -0.2) is 0 Å². The van der Waals surface area contributed by atoms with Crippen LogP contribution in [-0.2, 0) is 4.79 Å². The van der Waals surface area contributed by atoms with E-state index in [9.17, 15) is 20.2 Å². The van der Waals surface area contributed by atoms with Crippen LogP contribution in [0.4, 0.5) is 11.4 Å². The van der Waals surface area contributed by atoms with E-state index < -0.39 is 10.8 Å². The molecule has 3 aromatic rings. The average Bonchev–Trinajstić information content (AvgIpc) is 3.17. The highest BCUT2D eigenvalue weighted by Crippen LogP contribution is 2.32. The van der Waals surface area contributed by atoms with Crippen molar-refractivity contribution in [2.45, 2.75) is 0 Å². The molecule has 0 unspecified atom stereocenters. The fourth-order valence-corrected chi connectivity index (χ4v) is 3.02. The monoisotopic (exact) mass is 461 g/mol. The Balaban J connectivity index is 1.83. The molecule has 0 saturated heterocycles. The number of nitro groups is 1. The summed E-state index contributed by atoms with van der Waals surface area (Å²) in [5.74, 6) is -0.120. The molecule has 0 bridgehead atoms. The number of halogens is 3. The van der Waals surface area contributed by atoms with Crippen molar-refractivity contribution in [1.29, 1.82) is 5.26 Å². The summed E-state index contributed by atoms with van der Waals surface area (Å²) in [6.45, 7) is 0. The summed E-state index contributed by atoms with van der Waals surface area (Å²) >= 11 is 17.9. The highest BCUT2D eigenvalue weighted by Gasteiger charge is 2.15. The third-order valence-corrected chi connectivity index (χ3v) is 4.94. The number of nitrogens with zero attached hydrogens (tertiary/aromatic N) is 2. The Kier molecular flexibility index (Phi) is 6.43. The van der Waals surface area contributed by atoms with Gasteiger partial charge in [0.25, 0.3) is 11.6 Å². The Bertz CT molecular complexity index is 1230. The normalized spacial score (nSPS) is 11.1. The van der Waals surface area contributed by atoms with Crippen molar-refractivity contribution in [2.75, 3.05) is 5.32 Å². The minimum atomic E-state index is -0.665. The molecule has 10 heteroatoms. The minimum Gasteiger partial charge on any atom is -0.457 e. The summed E-state index contributed by atoms with van der Waals surface area (Å²) < 4.78 is 5.62. The van der Waals surface area contributed by atoms with Crippen LogP contribution in [0.2, 0.25) is 15.1 Å². The van der Waals surface area contributed by atoms with Gasteiger partial charge in [0.1, 0.15) is 23.2 Å². The van der Waals surface area contributed by atoms with E-state index in [1.54, 1.807) is 18.2 Å². The molecule has 1 amide bonds. The van der Waals surface area contributed by atoms with Crippen LogP contribution in [0, 0.1) is 21.4 Å². The van der Waals surface area contributed by atoms with Gasteiger partial charge in [-0.1, -0.05) is 34.8 Å². The Morgan fingerprint density at radius 1 is 1.07 bits per heavy atom. The van der Waals surface area contributed by atoms with Crippen LogP contribution >= 0.6 is 34.8 Å². The molecular formula is C20H10Cl3N3O4. The van der Waals surface area contributed by atoms with Crippen LogP contribution in [0.15, 0.2) is 58.5 Å². The van der Waals surface area contributed by atoms with Crippen molar-refractivity contribution in [1.82, 2.24) is 0 Å². The average molecular weight is 463 g/mol. The molecule has 0 radical (unpaired) electrons. The highest BCUT2D eigenvalue weighted by atomic mass is 35.5. The fraction of sp³-hybridized carbons (Fsp3) is 0. The van der Waals surface area contributed by atoms with Gasteiger partial charge >= 0.3 is 0 Å². The molecule has 0 fully saturated rings. The van der Waals surface area contributed by atoms with Crippen LogP contribution in [0.3, 0.4) is 0 Å². The van der Waals surface area contributed by atoms with Crippen LogP contribution in [0.25, 0.3) is 17.4 Å². The largest absolute Gasteiger partial charge is 0.457 e. The molecule has 0 aliphatic carbocycles. The summed E-state index contributed by atoms with van der Waals surface area (Å²) in [5, 5.41) is 23.4. The van der Waals surface area contributed by atoms with Gasteiger partial charge in [0.15, 0.2) is 0 Å². The number of nitriles is 1. The van der Waals surface area contributed by atoms with E-state index in [1.807, 2.05) is 0 Å². The van der Waals surface area contributed by atoms with E-state index in [0.29, 0.717) is 22.0 Å². The molecule has 1 aromatic heterocycles. The quantitative estimate of drug-likeness (QED) is 0.205. The van der Waals surface area contributed by atoms with E-state index in [4.69, 9.17) is 39.2 Å². The Morgan fingerprint density at radius 2 is 1.83 bits per heavy atom. The Hall–Kier alpha value is -3.31. The second-order valence-electron chi connectivity index (χ2n) is 5.88. The number of anilines is 1. The van der Waals surface area contributed by atoms with Crippen LogP contribution < -0.4 is 5.32 Å². The van der Waals surface area contributed by atoms with Gasteiger partial charge in [0, 0.05) is 29.5 Å². The standard InChI is InChI=1S/C20H10Cl3N3O4/c21-16-5-1-12(8-18(16)23)25-20(27)11(10-24)7-14-3-6-19(30-14)15-4-2-13(26(28)29)9-17(15)22/h1-9H,(H,25,27)/b11-7+. The number of amides is 1. The zero-order valence-corrected chi connectivity index (χ0v) is 17.1. The lowest BCUT2D eigenvalue weighted by Crippen LogP contribution is -2.13. The van der Waals surface area contributed by atoms with Crippen molar-refractivity contribution in [3.63, 3.8) is 0 Å². The molecule has 0 saturated carbocycles. The number of nitrogens with one attached hydrogen (secondary N) is 1. The predicted octanol–water partition coefficient (Wildman–Crippen LogP) is 6.36. The van der Waals surface area contributed by atoms with E-state index in [2.05, 4.69) is 5.32 Å². The molecule has 0 atom stereocenters. The van der Waals surface area contributed by atoms with Crippen LogP contribution in [-0.4, -0.2) is 10.8 Å². The first-order chi connectivity index (χ1) is 14.3. The Morgan fingerprint density at radius 3 is 2.47 bits per heavy atom. The van der Waals surface area contributed by atoms with Gasteiger partial charge in [0.05, 0.1) is 20.0 Å². The van der Waals surface area contributed by atoms with Gasteiger partial charge in [-0.2, -0.15) is 5.26 Å². The molecule has 7 nitrogen and oxygen atoms in total. The summed E-state index contributed by atoms with van der Waals surface area (Å²) in [7, 11) is 0. The van der Waals surface area contributed by atoms with Gasteiger partial charge in [-0.3, -0.25) is 14.9 Å². The molecule has 2 aromatic carbocycles. The summed E-state index contributed by atoms with van der Waals surface area (Å²) in [4.78, 5) is 22.6. The van der Waals surface area contributed by atoms with Gasteiger partial charge in [-0.15, -0.1) is 0 Å². The maximum Gasteiger partial charge on any atom is 0.270 e. The van der Waals surface area contributed by atoms with E-state index in [0.717, 1.165) is 0 Å². The number of non-ortho nitro benzene ring substituents is 1. The zero-order chi connectivity index (χ0) is 21.8. The molecule has 1 heterocycles. The second kappa shape index (κ2) is 9.01. The first-order valence-corrected chi connectivity index (χ1v) is 9.34. The number of hydrogen-bond acceptors (Lipinski definition) is 5. The summed E-state index contributed by atoms with van der Waals surface area (Å²) in [6.07, 6.45) is 1.26. The lowest BCUT2D eigenvalue weighted by atomic mass is 10.1. The molecule has 3 rings (SSSR count). The number of nitro benzene ring substituents is 1. The van der Waals surface area contributed by atoms with Crippen LogP contribution in [0.1, 0.15) is 5.76 Å². The molecule has 30 heavy (non-hydrogen) atoms. The lowest BCUT2D eigenvalue weighted by molar-refractivity contribution is -0.384. The van der Waals surface area contributed by atoms with Crippen molar-refractivity contribution >= 4 is 58.2 Å². The Labute approximate surface area is 185 Å². The van der Waals surface area contributed by atoms with E-state index in [-0.39, 0.29) is 27.1 Å². The number of benzene rings is 2. The van der Waals surface area contributed by atoms with Crippen molar-refractivity contribution in [3.8, 4) is 17.4 Å². The molecule has 0 spiro atoms. The van der Waals surface area contributed by atoms with Crippen molar-refractivity contribution in [2.24, 2.45) is 0 Å². The topological polar surface area (TPSA) is 109 Å². The number of hydrogen-bond donors (Lipinski definition) is 1. The number of carbonyl (C=O) groups excluding carboxylic acids is 1.